The molecule has 0 heterocycles. The van der Waals surface area contributed by atoms with Crippen LogP contribution < -0.4 is 5.32 Å². The summed E-state index contributed by atoms with van der Waals surface area (Å²) in [6.07, 6.45) is 0.669. The molecule has 0 spiro atoms. The van der Waals surface area contributed by atoms with Crippen molar-refractivity contribution >= 4 is 0 Å². The van der Waals surface area contributed by atoms with Crippen LogP contribution in [0.5, 0.6) is 0 Å². The van der Waals surface area contributed by atoms with Gasteiger partial charge in [-0.2, -0.15) is 0 Å². The smallest absolute Gasteiger partial charge is 0.0664 e. The number of nitrogens with zero attached hydrogens (tertiary/aromatic N) is 1. The second-order valence-corrected chi connectivity index (χ2v) is 3.18. The van der Waals surface area contributed by atoms with Crippen LogP contribution in [0, 0.1) is 0 Å². The fourth-order valence-electron chi connectivity index (χ4n) is 1.03. The summed E-state index contributed by atoms with van der Waals surface area (Å²) in [4.78, 5) is 2.15. The fourth-order valence-corrected chi connectivity index (χ4v) is 1.03. The summed E-state index contributed by atoms with van der Waals surface area (Å²) >= 11 is 0. The number of hydrogen-bond acceptors (Lipinski definition) is 3. The van der Waals surface area contributed by atoms with Gasteiger partial charge in [0.2, 0.25) is 0 Å². The molecule has 3 nitrogen and oxygen atoms in total. The van der Waals surface area contributed by atoms with E-state index in [1.165, 1.54) is 0 Å². The minimum absolute atomic E-state index is 0.170. The van der Waals surface area contributed by atoms with Crippen LogP contribution in [0.4, 0.5) is 0 Å². The summed E-state index contributed by atoms with van der Waals surface area (Å²) in [5.74, 6) is 0. The van der Waals surface area contributed by atoms with E-state index in [0.29, 0.717) is 0 Å². The van der Waals surface area contributed by atoms with E-state index < -0.39 is 0 Å². The highest BCUT2D eigenvalue weighted by Crippen LogP contribution is 1.92. The van der Waals surface area contributed by atoms with Gasteiger partial charge in [-0.15, -0.1) is 0 Å². The predicted molar refractivity (Wildman–Crippen MR) is 52.3 cm³/mol. The molecule has 12 heavy (non-hydrogen) atoms. The molecular weight excluding hydrogens is 152 g/mol. The normalized spacial score (nSPS) is 13.8. The second kappa shape index (κ2) is 7.53. The third-order valence-corrected chi connectivity index (χ3v) is 1.91. The number of aliphatic hydroxyl groups excluding tert-OH is 1. The van der Waals surface area contributed by atoms with Gasteiger partial charge < -0.3 is 15.3 Å². The molecule has 0 saturated heterocycles. The highest BCUT2D eigenvalue weighted by atomic mass is 16.3. The Morgan fingerprint density at radius 3 is 2.58 bits per heavy atom. The maximum atomic E-state index is 9.32. The zero-order valence-electron chi connectivity index (χ0n) is 8.51. The monoisotopic (exact) mass is 174 g/mol. The fraction of sp³-hybridized carbons (Fsp3) is 1.00. The Labute approximate surface area is 75.8 Å². The topological polar surface area (TPSA) is 35.5 Å². The van der Waals surface area contributed by atoms with Crippen molar-refractivity contribution in [2.75, 3.05) is 33.2 Å². The van der Waals surface area contributed by atoms with Gasteiger partial charge in [0.15, 0.2) is 0 Å². The van der Waals surface area contributed by atoms with Crippen molar-refractivity contribution in [1.82, 2.24) is 10.2 Å². The molecule has 74 valence electrons. The van der Waals surface area contributed by atoms with Gasteiger partial charge in [0.25, 0.3) is 0 Å². The summed E-state index contributed by atoms with van der Waals surface area (Å²) in [6.45, 7) is 7.91. The van der Waals surface area contributed by atoms with Gasteiger partial charge >= 0.3 is 0 Å². The highest BCUT2D eigenvalue weighted by molar-refractivity contribution is 4.60. The Hall–Kier alpha value is -0.120. The van der Waals surface area contributed by atoms with Crippen molar-refractivity contribution in [3.05, 3.63) is 0 Å². The number of rotatable bonds is 7. The van der Waals surface area contributed by atoms with E-state index in [1.54, 1.807) is 0 Å². The van der Waals surface area contributed by atoms with Crippen molar-refractivity contribution in [2.45, 2.75) is 26.4 Å². The largest absolute Gasteiger partial charge is 0.392 e. The van der Waals surface area contributed by atoms with Crippen molar-refractivity contribution in [1.29, 1.82) is 0 Å². The van der Waals surface area contributed by atoms with Gasteiger partial charge in [0.05, 0.1) is 6.10 Å². The Kier molecular flexibility index (Phi) is 7.45. The zero-order valence-corrected chi connectivity index (χ0v) is 8.51. The number of hydrogen-bond donors (Lipinski definition) is 2. The lowest BCUT2D eigenvalue weighted by molar-refractivity contribution is 0.123. The molecule has 1 atom stereocenters. The number of likely N-dealkylation sites (N-methyl/N-ethyl adjacent to an activating group) is 2. The molecule has 0 rings (SSSR count). The first kappa shape index (κ1) is 11.9. The van der Waals surface area contributed by atoms with Crippen molar-refractivity contribution < 1.29 is 5.11 Å². The summed E-state index contributed by atoms with van der Waals surface area (Å²) in [5, 5.41) is 12.6. The van der Waals surface area contributed by atoms with Crippen molar-refractivity contribution in [3.8, 4) is 0 Å². The lowest BCUT2D eigenvalue weighted by Gasteiger charge is -2.19. The Morgan fingerprint density at radius 2 is 2.08 bits per heavy atom. The average molecular weight is 174 g/mol. The van der Waals surface area contributed by atoms with Gasteiger partial charge in [0.1, 0.15) is 0 Å². The molecule has 3 heteroatoms. The van der Waals surface area contributed by atoms with Gasteiger partial charge in [0, 0.05) is 19.6 Å². The quantitative estimate of drug-likeness (QED) is 0.545. The summed E-state index contributed by atoms with van der Waals surface area (Å²) < 4.78 is 0. The Balaban J connectivity index is 3.26. The van der Waals surface area contributed by atoms with Crippen LogP contribution in [-0.4, -0.2) is 49.3 Å². The molecular formula is C9H22N2O. The first-order valence-electron chi connectivity index (χ1n) is 4.78. The molecule has 0 unspecified atom stereocenters. The Bertz CT molecular complexity index is 98.5. The summed E-state index contributed by atoms with van der Waals surface area (Å²) in [7, 11) is 2.04. The maximum Gasteiger partial charge on any atom is 0.0664 e. The van der Waals surface area contributed by atoms with Crippen LogP contribution in [0.15, 0.2) is 0 Å². The second-order valence-electron chi connectivity index (χ2n) is 3.18. The SMILES string of the molecule is CCNCCN(C)C[C@@H](O)CC. The van der Waals surface area contributed by atoms with Gasteiger partial charge in [-0.25, -0.2) is 0 Å². The lowest BCUT2D eigenvalue weighted by Crippen LogP contribution is -2.34. The maximum absolute atomic E-state index is 9.32. The molecule has 0 saturated carbocycles. The van der Waals surface area contributed by atoms with Crippen LogP contribution in [0.2, 0.25) is 0 Å². The van der Waals surface area contributed by atoms with Crippen LogP contribution in [-0.2, 0) is 0 Å². The first-order chi connectivity index (χ1) is 5.70. The van der Waals surface area contributed by atoms with E-state index in [4.69, 9.17) is 0 Å². The lowest BCUT2D eigenvalue weighted by atomic mass is 10.2. The van der Waals surface area contributed by atoms with Crippen LogP contribution in [0.25, 0.3) is 0 Å². The van der Waals surface area contributed by atoms with E-state index >= 15 is 0 Å². The van der Waals surface area contributed by atoms with E-state index in [1.807, 2.05) is 14.0 Å². The Morgan fingerprint density at radius 1 is 1.42 bits per heavy atom. The van der Waals surface area contributed by atoms with Crippen LogP contribution >= 0.6 is 0 Å². The highest BCUT2D eigenvalue weighted by Gasteiger charge is 2.04. The number of nitrogens with one attached hydrogen (secondary N) is 1. The van der Waals surface area contributed by atoms with Crippen LogP contribution in [0.3, 0.4) is 0 Å². The molecule has 0 aliphatic rings. The molecule has 0 aromatic rings. The molecule has 0 aromatic heterocycles. The van der Waals surface area contributed by atoms with E-state index in [-0.39, 0.29) is 6.10 Å². The van der Waals surface area contributed by atoms with E-state index in [2.05, 4.69) is 17.1 Å². The third kappa shape index (κ3) is 6.58. The molecule has 0 fully saturated rings. The standard InChI is InChI=1S/C9H22N2O/c1-4-9(12)8-11(3)7-6-10-5-2/h9-10,12H,4-8H2,1-3H3/t9-/m0/s1. The molecule has 0 aromatic carbocycles. The van der Waals surface area contributed by atoms with Gasteiger partial charge in [-0.1, -0.05) is 13.8 Å². The molecule has 0 radical (unpaired) electrons. The van der Waals surface area contributed by atoms with Crippen molar-refractivity contribution in [2.24, 2.45) is 0 Å². The molecule has 0 aliphatic carbocycles. The van der Waals surface area contributed by atoms with E-state index in [9.17, 15) is 5.11 Å². The zero-order chi connectivity index (χ0) is 9.40. The first-order valence-corrected chi connectivity index (χ1v) is 4.78. The van der Waals surface area contributed by atoms with Gasteiger partial charge in [-0.05, 0) is 20.0 Å². The third-order valence-electron chi connectivity index (χ3n) is 1.91. The molecule has 0 bridgehead atoms. The summed E-state index contributed by atoms with van der Waals surface area (Å²) in [6, 6.07) is 0. The summed E-state index contributed by atoms with van der Waals surface area (Å²) in [5.41, 5.74) is 0. The molecule has 0 amide bonds. The van der Waals surface area contributed by atoms with E-state index in [0.717, 1.165) is 32.6 Å². The van der Waals surface area contributed by atoms with Crippen LogP contribution in [0.1, 0.15) is 20.3 Å². The number of aliphatic hydroxyl groups is 1. The molecule has 2 N–H and O–H groups in total. The minimum atomic E-state index is -0.170. The molecule has 0 aliphatic heterocycles. The average Bonchev–Trinajstić information content (AvgIpc) is 2.05. The predicted octanol–water partition coefficient (Wildman–Crippen LogP) is 0.299. The minimum Gasteiger partial charge on any atom is -0.392 e. The van der Waals surface area contributed by atoms with Gasteiger partial charge in [-0.3, -0.25) is 0 Å². The van der Waals surface area contributed by atoms with Crippen molar-refractivity contribution in [3.63, 3.8) is 0 Å².